The lowest BCUT2D eigenvalue weighted by molar-refractivity contribution is 0.298. The highest BCUT2D eigenvalue weighted by Gasteiger charge is 2.19. The van der Waals surface area contributed by atoms with Crippen molar-refractivity contribution in [3.8, 4) is 11.3 Å². The van der Waals surface area contributed by atoms with Gasteiger partial charge in [0.05, 0.1) is 11.9 Å². The zero-order chi connectivity index (χ0) is 19.7. The maximum atomic E-state index is 12.3. The van der Waals surface area contributed by atoms with Gasteiger partial charge in [-0.15, -0.1) is 5.10 Å². The first-order valence-corrected chi connectivity index (χ1v) is 9.12. The van der Waals surface area contributed by atoms with Crippen molar-refractivity contribution in [2.45, 2.75) is 19.5 Å². The molecule has 0 aliphatic carbocycles. The van der Waals surface area contributed by atoms with Crippen LogP contribution < -0.4 is 11.5 Å². The molecule has 1 fully saturated rings. The molecule has 146 valence electrons. The number of anilines is 2. The highest BCUT2D eigenvalue weighted by Crippen LogP contribution is 2.27. The molecule has 9 nitrogen and oxygen atoms in total. The van der Waals surface area contributed by atoms with Crippen LogP contribution in [0.2, 0.25) is 0 Å². The summed E-state index contributed by atoms with van der Waals surface area (Å²) in [6.07, 6.45) is 5.52. The fraction of sp³-hybridized carbons (Fsp3) is 0.333. The first-order valence-electron chi connectivity index (χ1n) is 9.12. The number of aromatic nitrogens is 6. The Morgan fingerprint density at radius 3 is 2.68 bits per heavy atom. The van der Waals surface area contributed by atoms with E-state index in [2.05, 4.69) is 32.0 Å². The number of hydrogen-bond donors (Lipinski definition) is 2. The molecule has 0 saturated carbocycles. The fourth-order valence-corrected chi connectivity index (χ4v) is 3.31. The molecule has 1 atom stereocenters. The Morgan fingerprint density at radius 2 is 1.96 bits per heavy atom. The summed E-state index contributed by atoms with van der Waals surface area (Å²) in [4.78, 5) is 10.7. The van der Waals surface area contributed by atoms with Gasteiger partial charge in [0.25, 0.3) is 0 Å². The van der Waals surface area contributed by atoms with E-state index in [4.69, 9.17) is 11.5 Å². The van der Waals surface area contributed by atoms with Crippen LogP contribution in [0.25, 0.3) is 22.4 Å². The van der Waals surface area contributed by atoms with Gasteiger partial charge in [0.1, 0.15) is 11.7 Å². The maximum absolute atomic E-state index is 12.3. The summed E-state index contributed by atoms with van der Waals surface area (Å²) in [5.41, 5.74) is 14.6. The molecule has 5 rings (SSSR count). The van der Waals surface area contributed by atoms with E-state index in [0.717, 1.165) is 36.4 Å². The van der Waals surface area contributed by atoms with Crippen molar-refractivity contribution in [3.05, 3.63) is 36.8 Å². The van der Waals surface area contributed by atoms with Gasteiger partial charge < -0.3 is 16.4 Å². The molecule has 0 bridgehead atoms. The molecule has 1 saturated heterocycles. The zero-order valence-corrected chi connectivity index (χ0v) is 15.5. The molecule has 5 heterocycles. The summed E-state index contributed by atoms with van der Waals surface area (Å²) in [5.74, 6) is 0.462. The second kappa shape index (κ2) is 7.39. The maximum Gasteiger partial charge on any atom is 0.240 e. The molecule has 0 unspecified atom stereocenters. The van der Waals surface area contributed by atoms with E-state index in [1.165, 1.54) is 0 Å². The van der Waals surface area contributed by atoms with Gasteiger partial charge in [-0.2, -0.15) is 10.1 Å². The second-order valence-electron chi connectivity index (χ2n) is 6.60. The molecular formula is C18H22FN9. The van der Waals surface area contributed by atoms with Crippen LogP contribution in [0, 0.1) is 0 Å². The number of fused-ring (bicyclic) bond motifs is 2. The molecule has 4 N–H and O–H groups in total. The van der Waals surface area contributed by atoms with Gasteiger partial charge in [-0.25, -0.2) is 18.4 Å². The lowest BCUT2D eigenvalue weighted by Gasteiger charge is -2.08. The highest BCUT2D eigenvalue weighted by atomic mass is 19.1. The van der Waals surface area contributed by atoms with Crippen molar-refractivity contribution in [2.24, 2.45) is 0 Å². The zero-order valence-electron chi connectivity index (χ0n) is 15.5. The molecule has 28 heavy (non-hydrogen) atoms. The predicted octanol–water partition coefficient (Wildman–Crippen LogP) is 1.65. The number of nitrogen functional groups attached to an aromatic ring is 2. The Morgan fingerprint density at radius 1 is 1.14 bits per heavy atom. The van der Waals surface area contributed by atoms with E-state index in [-0.39, 0.29) is 5.95 Å². The van der Waals surface area contributed by atoms with Crippen molar-refractivity contribution in [2.75, 3.05) is 31.1 Å². The first-order chi connectivity index (χ1) is 13.5. The third-order valence-corrected chi connectivity index (χ3v) is 4.75. The first kappa shape index (κ1) is 18.1. The predicted molar refractivity (Wildman–Crippen MR) is 105 cm³/mol. The van der Waals surface area contributed by atoms with E-state index < -0.39 is 6.17 Å². The van der Waals surface area contributed by atoms with Gasteiger partial charge in [0.2, 0.25) is 5.95 Å². The topological polar surface area (TPSA) is 116 Å². The summed E-state index contributed by atoms with van der Waals surface area (Å²) >= 11 is 0. The van der Waals surface area contributed by atoms with Crippen molar-refractivity contribution in [1.82, 2.24) is 34.1 Å². The van der Waals surface area contributed by atoms with E-state index >= 15 is 0 Å². The van der Waals surface area contributed by atoms with Crippen LogP contribution in [0.5, 0.6) is 0 Å². The fourth-order valence-electron chi connectivity index (χ4n) is 3.31. The summed E-state index contributed by atoms with van der Waals surface area (Å²) in [7, 11) is 0. The van der Waals surface area contributed by atoms with E-state index in [9.17, 15) is 4.39 Å². The van der Waals surface area contributed by atoms with Gasteiger partial charge in [-0.1, -0.05) is 6.92 Å². The summed E-state index contributed by atoms with van der Waals surface area (Å²) in [6.45, 7) is 4.69. The van der Waals surface area contributed by atoms with Gasteiger partial charge in [-0.3, -0.25) is 0 Å². The smallest absolute Gasteiger partial charge is 0.240 e. The Balaban J connectivity index is 0.000000203. The van der Waals surface area contributed by atoms with Gasteiger partial charge in [0, 0.05) is 37.1 Å². The van der Waals surface area contributed by atoms with Crippen molar-refractivity contribution < 1.29 is 4.39 Å². The lowest BCUT2D eigenvalue weighted by atomic mass is 10.2. The minimum absolute atomic E-state index is 0.136. The average Bonchev–Trinajstić information content (AvgIpc) is 3.40. The van der Waals surface area contributed by atoms with Crippen LogP contribution in [0.4, 0.5) is 16.2 Å². The standard InChI is InChI=1S/C12H10N8.C6H12FN/c13-11-10-7(2-5-20(10)18-12(14)17-11)8-3-6-19-9(16-8)1-4-15-19;1-2-8-4-3-6(7)5-8/h1-6H,(H4,13,14,17,18);6H,2-5H2,1H3/t;6-/m.1/s1. The third-order valence-electron chi connectivity index (χ3n) is 4.75. The number of hydrogen-bond acceptors (Lipinski definition) is 7. The molecule has 4 aromatic rings. The molecule has 1 aliphatic heterocycles. The number of alkyl halides is 1. The average molecular weight is 383 g/mol. The molecule has 0 radical (unpaired) electrons. The van der Waals surface area contributed by atoms with Crippen LogP contribution in [0.1, 0.15) is 13.3 Å². The number of nitrogens with two attached hydrogens (primary N) is 2. The molecule has 4 aromatic heterocycles. The molecular weight excluding hydrogens is 361 g/mol. The van der Waals surface area contributed by atoms with Crippen LogP contribution in [-0.4, -0.2) is 59.9 Å². The second-order valence-corrected chi connectivity index (χ2v) is 6.60. The molecule has 0 amide bonds. The number of rotatable bonds is 2. The van der Waals surface area contributed by atoms with Gasteiger partial charge >= 0.3 is 0 Å². The van der Waals surface area contributed by atoms with E-state index in [0.29, 0.717) is 17.9 Å². The normalized spacial score (nSPS) is 17.1. The minimum atomic E-state index is -0.546. The number of nitrogens with zero attached hydrogens (tertiary/aromatic N) is 7. The minimum Gasteiger partial charge on any atom is -0.382 e. The summed E-state index contributed by atoms with van der Waals surface area (Å²) < 4.78 is 15.6. The van der Waals surface area contributed by atoms with Crippen LogP contribution in [0.3, 0.4) is 0 Å². The Labute approximate surface area is 160 Å². The van der Waals surface area contributed by atoms with Crippen molar-refractivity contribution >= 4 is 22.9 Å². The largest absolute Gasteiger partial charge is 0.382 e. The molecule has 10 heteroatoms. The molecule has 0 spiro atoms. The highest BCUT2D eigenvalue weighted by molar-refractivity contribution is 5.86. The monoisotopic (exact) mass is 383 g/mol. The van der Waals surface area contributed by atoms with Crippen molar-refractivity contribution in [3.63, 3.8) is 0 Å². The summed E-state index contributed by atoms with van der Waals surface area (Å²) in [5, 5.41) is 8.21. The molecule has 1 aliphatic rings. The van der Waals surface area contributed by atoms with Gasteiger partial charge in [-0.05, 0) is 25.1 Å². The van der Waals surface area contributed by atoms with E-state index in [1.54, 1.807) is 21.4 Å². The Hall–Kier alpha value is -3.27. The summed E-state index contributed by atoms with van der Waals surface area (Å²) in [6, 6.07) is 5.58. The molecule has 0 aromatic carbocycles. The number of halogens is 1. The Kier molecular flexibility index (Phi) is 4.78. The third kappa shape index (κ3) is 3.46. The van der Waals surface area contributed by atoms with Gasteiger partial charge in [0.15, 0.2) is 11.5 Å². The lowest BCUT2D eigenvalue weighted by Crippen LogP contribution is -2.19. The van der Waals surface area contributed by atoms with Crippen LogP contribution in [-0.2, 0) is 0 Å². The van der Waals surface area contributed by atoms with Crippen LogP contribution in [0.15, 0.2) is 36.8 Å². The van der Waals surface area contributed by atoms with E-state index in [1.807, 2.05) is 24.4 Å². The quantitative estimate of drug-likeness (QED) is 0.541. The van der Waals surface area contributed by atoms with Crippen LogP contribution >= 0.6 is 0 Å². The van der Waals surface area contributed by atoms with Crippen molar-refractivity contribution in [1.29, 1.82) is 0 Å². The number of likely N-dealkylation sites (tertiary alicyclic amines) is 1. The SMILES string of the molecule is CCN1CC[C@@H](F)C1.Nc1nc(N)c2c(-c3ccn4nccc4n3)ccn2n1. The Bertz CT molecular complexity index is 1100.